The van der Waals surface area contributed by atoms with Gasteiger partial charge in [0.25, 0.3) is 0 Å². The summed E-state index contributed by atoms with van der Waals surface area (Å²) in [7, 11) is 0. The molecule has 0 spiro atoms. The fraction of sp³-hybridized carbons (Fsp3) is 0.286. The average Bonchev–Trinajstić information content (AvgIpc) is 2.76. The molecule has 2 rings (SSSR count). The van der Waals surface area contributed by atoms with Gasteiger partial charge in [0.15, 0.2) is 0 Å². The van der Waals surface area contributed by atoms with Crippen molar-refractivity contribution in [3.05, 3.63) is 29.8 Å². The molecule has 0 saturated heterocycles. The summed E-state index contributed by atoms with van der Waals surface area (Å²) in [6.07, 6.45) is 0.249. The van der Waals surface area contributed by atoms with Gasteiger partial charge in [-0.1, -0.05) is 18.2 Å². The lowest BCUT2D eigenvalue weighted by Gasteiger charge is -2.08. The topological polar surface area (TPSA) is 116 Å². The van der Waals surface area contributed by atoms with Gasteiger partial charge in [-0.05, 0) is 11.6 Å². The fourth-order valence-corrected chi connectivity index (χ4v) is 3.08. The number of aromatic nitrogens is 1. The van der Waals surface area contributed by atoms with E-state index in [1.807, 2.05) is 24.3 Å². The molecule has 0 amide bonds. The van der Waals surface area contributed by atoms with Crippen LogP contribution in [0.5, 0.6) is 0 Å². The zero-order valence-corrected chi connectivity index (χ0v) is 12.0. The molecule has 1 atom stereocenters. The molecule has 6 nitrogen and oxygen atoms in total. The van der Waals surface area contributed by atoms with Crippen molar-refractivity contribution in [2.75, 3.05) is 5.75 Å². The monoisotopic (exact) mass is 308 g/mol. The van der Waals surface area contributed by atoms with Gasteiger partial charge in [0.2, 0.25) is 0 Å². The first-order chi connectivity index (χ1) is 9.99. The number of nitrogens with two attached hydrogens (primary N) is 1. The molecule has 0 aliphatic rings. The molecule has 0 saturated carbocycles. The highest BCUT2D eigenvalue weighted by atomic mass is 32.2. The van der Waals surface area contributed by atoms with Crippen LogP contribution in [0.1, 0.15) is 12.0 Å². The minimum atomic E-state index is -1.05. The van der Waals surface area contributed by atoms with Gasteiger partial charge in [0, 0.05) is 23.1 Å². The molecule has 0 fully saturated rings. The van der Waals surface area contributed by atoms with Crippen LogP contribution in [0.4, 0.5) is 0 Å². The van der Waals surface area contributed by atoms with Crippen molar-refractivity contribution in [1.29, 1.82) is 0 Å². The van der Waals surface area contributed by atoms with E-state index in [0.29, 0.717) is 5.75 Å². The number of carboxylic acids is 2. The maximum Gasteiger partial charge on any atom is 0.320 e. The van der Waals surface area contributed by atoms with Gasteiger partial charge in [-0.25, -0.2) is 0 Å². The first-order valence-corrected chi connectivity index (χ1v) is 7.40. The number of hydrogen-bond acceptors (Lipinski definition) is 4. The predicted octanol–water partition coefficient (Wildman–Crippen LogP) is 1.69. The number of benzene rings is 1. The molecule has 21 heavy (non-hydrogen) atoms. The molecule has 0 radical (unpaired) electrons. The lowest BCUT2D eigenvalue weighted by molar-refractivity contribution is -0.138. The van der Waals surface area contributed by atoms with Crippen molar-refractivity contribution in [3.63, 3.8) is 0 Å². The van der Waals surface area contributed by atoms with E-state index >= 15 is 0 Å². The van der Waals surface area contributed by atoms with E-state index in [4.69, 9.17) is 15.9 Å². The molecule has 1 aromatic heterocycles. The number of rotatable bonds is 7. The number of hydrogen-bond donors (Lipinski definition) is 4. The number of aromatic amines is 1. The van der Waals surface area contributed by atoms with Crippen molar-refractivity contribution in [3.8, 4) is 0 Å². The van der Waals surface area contributed by atoms with Crippen LogP contribution in [0, 0.1) is 0 Å². The SMILES string of the molecule is N[C@@H](Cc1c(SCCC(=O)O)[nH]c2ccccc12)C(=O)O. The van der Waals surface area contributed by atoms with Crippen LogP contribution in [-0.4, -0.2) is 38.9 Å². The summed E-state index contributed by atoms with van der Waals surface area (Å²) in [6.45, 7) is 0. The van der Waals surface area contributed by atoms with E-state index in [-0.39, 0.29) is 12.8 Å². The van der Waals surface area contributed by atoms with Crippen LogP contribution in [0.15, 0.2) is 29.3 Å². The second kappa shape index (κ2) is 6.64. The summed E-state index contributed by atoms with van der Waals surface area (Å²) in [5, 5.41) is 19.4. The van der Waals surface area contributed by atoms with Crippen molar-refractivity contribution in [2.24, 2.45) is 5.73 Å². The van der Waals surface area contributed by atoms with Gasteiger partial charge in [0.05, 0.1) is 11.4 Å². The molecular weight excluding hydrogens is 292 g/mol. The number of para-hydroxylation sites is 1. The third-order valence-corrected chi connectivity index (χ3v) is 4.12. The van der Waals surface area contributed by atoms with E-state index in [9.17, 15) is 9.59 Å². The Morgan fingerprint density at radius 3 is 2.67 bits per heavy atom. The Balaban J connectivity index is 2.29. The quantitative estimate of drug-likeness (QED) is 0.578. The second-order valence-electron chi connectivity index (χ2n) is 4.62. The Kier molecular flexibility index (Phi) is 4.87. The van der Waals surface area contributed by atoms with Crippen molar-refractivity contribution in [2.45, 2.75) is 23.9 Å². The van der Waals surface area contributed by atoms with Crippen LogP contribution in [0.25, 0.3) is 10.9 Å². The van der Waals surface area contributed by atoms with E-state index < -0.39 is 18.0 Å². The fourth-order valence-electron chi connectivity index (χ4n) is 2.05. The Morgan fingerprint density at radius 1 is 1.29 bits per heavy atom. The Morgan fingerprint density at radius 2 is 2.00 bits per heavy atom. The highest BCUT2D eigenvalue weighted by Gasteiger charge is 2.19. The summed E-state index contributed by atoms with van der Waals surface area (Å²) in [5.41, 5.74) is 7.35. The summed E-state index contributed by atoms with van der Waals surface area (Å²) < 4.78 is 0. The van der Waals surface area contributed by atoms with Gasteiger partial charge < -0.3 is 20.9 Å². The number of fused-ring (bicyclic) bond motifs is 1. The number of aliphatic carboxylic acids is 2. The third kappa shape index (κ3) is 3.77. The summed E-state index contributed by atoms with van der Waals surface area (Å²) >= 11 is 1.37. The summed E-state index contributed by atoms with van der Waals surface area (Å²) in [5.74, 6) is -1.50. The van der Waals surface area contributed by atoms with Crippen LogP contribution in [-0.2, 0) is 16.0 Å². The smallest absolute Gasteiger partial charge is 0.320 e. The minimum Gasteiger partial charge on any atom is -0.481 e. The Hall–Kier alpha value is -1.99. The maximum atomic E-state index is 11.0. The third-order valence-electron chi connectivity index (χ3n) is 3.08. The van der Waals surface area contributed by atoms with Gasteiger partial charge in [-0.15, -0.1) is 11.8 Å². The van der Waals surface area contributed by atoms with Gasteiger partial charge in [0.1, 0.15) is 6.04 Å². The molecule has 0 aliphatic heterocycles. The number of nitrogens with one attached hydrogen (secondary N) is 1. The second-order valence-corrected chi connectivity index (χ2v) is 5.72. The molecular formula is C14H16N2O4S. The van der Waals surface area contributed by atoms with Gasteiger partial charge in [-0.3, -0.25) is 9.59 Å². The zero-order chi connectivity index (χ0) is 15.4. The number of carbonyl (C=O) groups is 2. The van der Waals surface area contributed by atoms with Crippen LogP contribution in [0.2, 0.25) is 0 Å². The van der Waals surface area contributed by atoms with E-state index in [2.05, 4.69) is 4.98 Å². The van der Waals surface area contributed by atoms with Crippen molar-refractivity contribution < 1.29 is 19.8 Å². The number of carboxylic acid groups (broad SMARTS) is 2. The van der Waals surface area contributed by atoms with Gasteiger partial charge in [-0.2, -0.15) is 0 Å². The molecule has 0 bridgehead atoms. The van der Waals surface area contributed by atoms with Gasteiger partial charge >= 0.3 is 11.9 Å². The first kappa shape index (κ1) is 15.4. The first-order valence-electron chi connectivity index (χ1n) is 6.41. The van der Waals surface area contributed by atoms with Crippen LogP contribution >= 0.6 is 11.8 Å². The molecule has 0 aliphatic carbocycles. The van der Waals surface area contributed by atoms with Crippen LogP contribution in [0.3, 0.4) is 0 Å². The lowest BCUT2D eigenvalue weighted by Crippen LogP contribution is -2.32. The van der Waals surface area contributed by atoms with Crippen LogP contribution < -0.4 is 5.73 Å². The highest BCUT2D eigenvalue weighted by molar-refractivity contribution is 7.99. The molecule has 5 N–H and O–H groups in total. The molecule has 0 unspecified atom stereocenters. The predicted molar refractivity (Wildman–Crippen MR) is 80.6 cm³/mol. The normalized spacial score (nSPS) is 12.4. The molecule has 1 heterocycles. The Labute approximate surface area is 125 Å². The maximum absolute atomic E-state index is 11.0. The average molecular weight is 308 g/mol. The molecule has 7 heteroatoms. The summed E-state index contributed by atoms with van der Waals surface area (Å²) in [4.78, 5) is 24.8. The van der Waals surface area contributed by atoms with E-state index in [1.165, 1.54) is 11.8 Å². The molecule has 1 aromatic carbocycles. The zero-order valence-electron chi connectivity index (χ0n) is 11.2. The van der Waals surface area contributed by atoms with Crippen molar-refractivity contribution in [1.82, 2.24) is 4.98 Å². The standard InChI is InChI=1S/C14H16N2O4S/c15-10(14(19)20)7-9-8-3-1-2-4-11(8)16-13(9)21-6-5-12(17)18/h1-4,10,16H,5-7,15H2,(H,17,18)(H,19,20)/t10-/m0/s1. The largest absolute Gasteiger partial charge is 0.481 e. The minimum absolute atomic E-state index is 0.0461. The Bertz CT molecular complexity index is 668. The van der Waals surface area contributed by atoms with E-state index in [0.717, 1.165) is 21.5 Å². The summed E-state index contributed by atoms with van der Waals surface area (Å²) in [6, 6.07) is 6.56. The highest BCUT2D eigenvalue weighted by Crippen LogP contribution is 2.31. The number of thioether (sulfide) groups is 1. The van der Waals surface area contributed by atoms with E-state index in [1.54, 1.807) is 0 Å². The molecule has 112 valence electrons. The number of H-pyrrole nitrogens is 1. The molecule has 2 aromatic rings. The lowest BCUT2D eigenvalue weighted by atomic mass is 10.1. The van der Waals surface area contributed by atoms with Crippen molar-refractivity contribution >= 4 is 34.6 Å².